The van der Waals surface area contributed by atoms with Crippen molar-refractivity contribution >= 4 is 11.6 Å². The molecule has 0 saturated carbocycles. The third-order valence-corrected chi connectivity index (χ3v) is 4.05. The van der Waals surface area contributed by atoms with Gasteiger partial charge in [-0.2, -0.15) is 0 Å². The minimum Gasteiger partial charge on any atom is -0.377 e. The van der Waals surface area contributed by atoms with E-state index in [1.807, 2.05) is 12.2 Å². The van der Waals surface area contributed by atoms with E-state index in [1.54, 1.807) is 0 Å². The van der Waals surface area contributed by atoms with Gasteiger partial charge in [-0.25, -0.2) is 0 Å². The van der Waals surface area contributed by atoms with Gasteiger partial charge < -0.3 is 4.74 Å². The lowest BCUT2D eigenvalue weighted by molar-refractivity contribution is 0.157. The molecule has 0 rings (SSSR count). The first-order chi connectivity index (χ1) is 10.9. The fraction of sp³-hybridized carbons (Fsp3) is 0.850. The van der Waals surface area contributed by atoms with Gasteiger partial charge in [0.1, 0.15) is 0 Å². The van der Waals surface area contributed by atoms with Gasteiger partial charge in [-0.05, 0) is 25.0 Å². The molecule has 0 fully saturated rings. The summed E-state index contributed by atoms with van der Waals surface area (Å²) in [4.78, 5) is 0. The average molecular weight is 329 g/mol. The number of rotatable bonds is 17. The summed E-state index contributed by atoms with van der Waals surface area (Å²) in [7, 11) is 0. The zero-order valence-electron chi connectivity index (χ0n) is 14.8. The molecule has 0 spiro atoms. The number of ether oxygens (including phenoxy) is 1. The van der Waals surface area contributed by atoms with Crippen LogP contribution in [0.15, 0.2) is 17.9 Å². The zero-order chi connectivity index (χ0) is 16.1. The Hall–Kier alpha value is -0.230. The summed E-state index contributed by atoms with van der Waals surface area (Å²) in [6.07, 6.45) is 21.4. The molecule has 0 N–H and O–H groups in total. The number of unbranched alkanes of at least 4 members (excludes halogenated alkanes) is 11. The average Bonchev–Trinajstić information content (AvgIpc) is 2.54. The van der Waals surface area contributed by atoms with Crippen molar-refractivity contribution in [3.8, 4) is 0 Å². The monoisotopic (exact) mass is 328 g/mol. The van der Waals surface area contributed by atoms with E-state index < -0.39 is 0 Å². The number of alkyl halides is 1. The van der Waals surface area contributed by atoms with Crippen molar-refractivity contribution < 1.29 is 4.74 Å². The Balaban J connectivity index is 3.04. The molecule has 2 heteroatoms. The topological polar surface area (TPSA) is 9.23 Å². The van der Waals surface area contributed by atoms with Crippen LogP contribution in [-0.4, -0.2) is 19.1 Å². The number of hydrogen-bond acceptors (Lipinski definition) is 1. The lowest BCUT2D eigenvalue weighted by atomic mass is 10.1. The Labute approximate surface area is 144 Å². The van der Waals surface area contributed by atoms with Crippen LogP contribution < -0.4 is 0 Å². The number of halogens is 1. The highest BCUT2D eigenvalue weighted by Gasteiger charge is 1.93. The van der Waals surface area contributed by atoms with E-state index in [2.05, 4.69) is 12.7 Å². The molecular weight excluding hydrogens is 292 g/mol. The van der Waals surface area contributed by atoms with E-state index in [-0.39, 0.29) is 0 Å². The van der Waals surface area contributed by atoms with Crippen LogP contribution in [0.25, 0.3) is 0 Å². The summed E-state index contributed by atoms with van der Waals surface area (Å²) in [6, 6.07) is 0. The molecule has 0 aliphatic heterocycles. The third-order valence-electron chi connectivity index (χ3n) is 3.83. The Morgan fingerprint density at radius 2 is 1.32 bits per heavy atom. The van der Waals surface area contributed by atoms with Crippen molar-refractivity contribution in [2.75, 3.05) is 19.1 Å². The third kappa shape index (κ3) is 19.8. The van der Waals surface area contributed by atoms with Gasteiger partial charge >= 0.3 is 0 Å². The van der Waals surface area contributed by atoms with E-state index in [0.717, 1.165) is 13.0 Å². The molecule has 0 bridgehead atoms. The number of hydrogen-bond donors (Lipinski definition) is 0. The van der Waals surface area contributed by atoms with E-state index in [0.29, 0.717) is 12.5 Å². The van der Waals surface area contributed by atoms with Crippen molar-refractivity contribution in [1.82, 2.24) is 0 Å². The summed E-state index contributed by atoms with van der Waals surface area (Å²) in [5, 5.41) is 0. The fourth-order valence-corrected chi connectivity index (χ4v) is 2.57. The van der Waals surface area contributed by atoms with Crippen molar-refractivity contribution in [1.29, 1.82) is 0 Å². The van der Waals surface area contributed by atoms with Crippen LogP contribution >= 0.6 is 11.6 Å². The molecule has 0 aromatic rings. The maximum atomic E-state index is 5.56. The minimum atomic E-state index is 0.667. The summed E-state index contributed by atoms with van der Waals surface area (Å²) in [5.74, 6) is 0.667. The van der Waals surface area contributed by atoms with Crippen LogP contribution in [0.1, 0.15) is 90.4 Å². The van der Waals surface area contributed by atoms with Gasteiger partial charge in [0.05, 0.1) is 6.61 Å². The van der Waals surface area contributed by atoms with Crippen LogP contribution in [0.5, 0.6) is 0 Å². The molecule has 0 heterocycles. The Morgan fingerprint density at radius 3 is 1.86 bits per heavy atom. The molecule has 1 nitrogen and oxygen atoms in total. The smallest absolute Gasteiger partial charge is 0.0721 e. The standard InChI is InChI=1S/C20H37ClO/c1-2-3-4-5-6-7-8-9-10-11-13-16-19-22-20-17-14-12-15-18-21/h12,17H,2-11,13,15-16,18-20H2,1H3. The van der Waals surface area contributed by atoms with Crippen LogP contribution in [0.2, 0.25) is 0 Å². The largest absolute Gasteiger partial charge is 0.377 e. The van der Waals surface area contributed by atoms with E-state index in [9.17, 15) is 0 Å². The van der Waals surface area contributed by atoms with Gasteiger partial charge in [-0.3, -0.25) is 0 Å². The van der Waals surface area contributed by atoms with Crippen LogP contribution in [0.3, 0.4) is 0 Å². The Morgan fingerprint density at radius 1 is 0.773 bits per heavy atom. The molecule has 0 atom stereocenters. The summed E-state index contributed by atoms with van der Waals surface area (Å²) >= 11 is 5.56. The molecule has 0 aliphatic rings. The maximum absolute atomic E-state index is 5.56. The van der Waals surface area contributed by atoms with E-state index in [4.69, 9.17) is 16.3 Å². The molecule has 22 heavy (non-hydrogen) atoms. The van der Waals surface area contributed by atoms with Gasteiger partial charge in [0.25, 0.3) is 0 Å². The van der Waals surface area contributed by atoms with Crippen LogP contribution in [0.4, 0.5) is 0 Å². The molecule has 0 amide bonds. The minimum absolute atomic E-state index is 0.667. The van der Waals surface area contributed by atoms with Crippen LogP contribution in [0, 0.1) is 0 Å². The van der Waals surface area contributed by atoms with Gasteiger partial charge in [-0.15, -0.1) is 17.3 Å². The molecular formula is C20H37ClO. The summed E-state index contributed by atoms with van der Waals surface area (Å²) in [5.41, 5.74) is 3.07. The van der Waals surface area contributed by atoms with Crippen LogP contribution in [-0.2, 0) is 4.74 Å². The van der Waals surface area contributed by atoms with Gasteiger partial charge in [0.15, 0.2) is 0 Å². The van der Waals surface area contributed by atoms with Crippen molar-refractivity contribution in [3.05, 3.63) is 17.9 Å². The van der Waals surface area contributed by atoms with Crippen molar-refractivity contribution in [2.24, 2.45) is 0 Å². The highest BCUT2D eigenvalue weighted by molar-refractivity contribution is 6.17. The second-order valence-electron chi connectivity index (χ2n) is 6.02. The Kier molecular flexibility index (Phi) is 20.6. The molecule has 0 aromatic carbocycles. The molecule has 0 aromatic heterocycles. The van der Waals surface area contributed by atoms with Crippen molar-refractivity contribution in [2.45, 2.75) is 90.4 Å². The second-order valence-corrected chi connectivity index (χ2v) is 6.39. The molecule has 0 unspecified atom stereocenters. The summed E-state index contributed by atoms with van der Waals surface area (Å²) < 4.78 is 5.53. The molecule has 0 aliphatic carbocycles. The maximum Gasteiger partial charge on any atom is 0.0721 e. The quantitative estimate of drug-likeness (QED) is 0.158. The first-order valence-corrected chi connectivity index (χ1v) is 9.98. The predicted molar refractivity (Wildman–Crippen MR) is 99.9 cm³/mol. The van der Waals surface area contributed by atoms with Crippen molar-refractivity contribution in [3.63, 3.8) is 0 Å². The first kappa shape index (κ1) is 21.8. The highest BCUT2D eigenvalue weighted by Crippen LogP contribution is 2.11. The van der Waals surface area contributed by atoms with E-state index >= 15 is 0 Å². The lowest BCUT2D eigenvalue weighted by Gasteiger charge is -2.03. The second kappa shape index (κ2) is 20.8. The fourth-order valence-electron chi connectivity index (χ4n) is 2.46. The van der Waals surface area contributed by atoms with Gasteiger partial charge in [0.2, 0.25) is 0 Å². The lowest BCUT2D eigenvalue weighted by Crippen LogP contribution is -1.94. The normalized spacial score (nSPS) is 10.5. The first-order valence-electron chi connectivity index (χ1n) is 9.45. The highest BCUT2D eigenvalue weighted by atomic mass is 35.5. The van der Waals surface area contributed by atoms with E-state index in [1.165, 1.54) is 77.0 Å². The zero-order valence-corrected chi connectivity index (χ0v) is 15.5. The van der Waals surface area contributed by atoms with Gasteiger partial charge in [0, 0.05) is 12.5 Å². The molecule has 0 saturated heterocycles. The molecule has 0 radical (unpaired) electrons. The Bertz CT molecular complexity index is 256. The summed E-state index contributed by atoms with van der Waals surface area (Å²) in [6.45, 7) is 3.84. The molecule has 130 valence electrons. The van der Waals surface area contributed by atoms with Gasteiger partial charge in [-0.1, -0.05) is 77.6 Å². The predicted octanol–water partition coefficient (Wildman–Crippen LogP) is 7.04. The SMILES string of the molecule is CCCCCCCCCCCCCCOCC=C=CCCCl.